The van der Waals surface area contributed by atoms with E-state index in [0.29, 0.717) is 31.2 Å². The predicted molar refractivity (Wildman–Crippen MR) is 114 cm³/mol. The fourth-order valence-electron chi connectivity index (χ4n) is 3.39. The molecule has 0 saturated carbocycles. The average molecular weight is 396 g/mol. The summed E-state index contributed by atoms with van der Waals surface area (Å²) in [5.41, 5.74) is 2.37. The molecule has 1 N–H and O–H groups in total. The number of hydrogen-bond donors (Lipinski definition) is 1. The number of carbonyl (C=O) groups is 2. The quantitative estimate of drug-likeness (QED) is 0.727. The number of para-hydroxylation sites is 2. The zero-order chi connectivity index (χ0) is 20.8. The SMILES string of the molecule is CCCOc1ccc(NC(=O)C2CC(=O)N(c3ccccc3OCC)C2)c(C)c1. The van der Waals surface area contributed by atoms with E-state index in [1.807, 2.05) is 56.3 Å². The predicted octanol–water partition coefficient (Wildman–Crippen LogP) is 4.17. The molecule has 1 unspecified atom stereocenters. The Kier molecular flexibility index (Phi) is 6.75. The van der Waals surface area contributed by atoms with E-state index < -0.39 is 5.92 Å². The van der Waals surface area contributed by atoms with E-state index in [4.69, 9.17) is 9.47 Å². The molecule has 0 aromatic heterocycles. The summed E-state index contributed by atoms with van der Waals surface area (Å²) in [6.45, 7) is 7.40. The van der Waals surface area contributed by atoms with Gasteiger partial charge in [-0.15, -0.1) is 0 Å². The number of nitrogens with zero attached hydrogens (tertiary/aromatic N) is 1. The molecule has 6 nitrogen and oxygen atoms in total. The van der Waals surface area contributed by atoms with Crippen molar-refractivity contribution in [3.05, 3.63) is 48.0 Å². The topological polar surface area (TPSA) is 67.9 Å². The first-order chi connectivity index (χ1) is 14.0. The van der Waals surface area contributed by atoms with Crippen LogP contribution < -0.4 is 19.7 Å². The van der Waals surface area contributed by atoms with Crippen LogP contribution in [0.3, 0.4) is 0 Å². The summed E-state index contributed by atoms with van der Waals surface area (Å²) >= 11 is 0. The molecule has 2 amide bonds. The van der Waals surface area contributed by atoms with Crippen molar-refractivity contribution in [1.82, 2.24) is 0 Å². The van der Waals surface area contributed by atoms with Gasteiger partial charge in [-0.25, -0.2) is 0 Å². The van der Waals surface area contributed by atoms with Crippen LogP contribution in [0.4, 0.5) is 11.4 Å². The molecule has 0 radical (unpaired) electrons. The summed E-state index contributed by atoms with van der Waals surface area (Å²) < 4.78 is 11.3. The van der Waals surface area contributed by atoms with E-state index in [0.717, 1.165) is 23.4 Å². The molecule has 154 valence electrons. The van der Waals surface area contributed by atoms with Crippen molar-refractivity contribution in [1.29, 1.82) is 0 Å². The molecule has 6 heteroatoms. The van der Waals surface area contributed by atoms with Gasteiger partial charge in [0.25, 0.3) is 0 Å². The van der Waals surface area contributed by atoms with Gasteiger partial charge in [0.2, 0.25) is 11.8 Å². The van der Waals surface area contributed by atoms with Crippen molar-refractivity contribution >= 4 is 23.2 Å². The number of anilines is 2. The van der Waals surface area contributed by atoms with Crippen LogP contribution in [-0.2, 0) is 9.59 Å². The van der Waals surface area contributed by atoms with Gasteiger partial charge in [-0.05, 0) is 56.2 Å². The van der Waals surface area contributed by atoms with E-state index in [1.54, 1.807) is 4.90 Å². The van der Waals surface area contributed by atoms with Gasteiger partial charge in [0.1, 0.15) is 11.5 Å². The molecule has 1 aliphatic heterocycles. The number of amides is 2. The molecular weight excluding hydrogens is 368 g/mol. The van der Waals surface area contributed by atoms with Crippen LogP contribution >= 0.6 is 0 Å². The summed E-state index contributed by atoms with van der Waals surface area (Å²) in [4.78, 5) is 27.0. The fraction of sp³-hybridized carbons (Fsp3) is 0.391. The zero-order valence-electron chi connectivity index (χ0n) is 17.2. The van der Waals surface area contributed by atoms with Crippen molar-refractivity contribution in [3.63, 3.8) is 0 Å². The highest BCUT2D eigenvalue weighted by molar-refractivity contribution is 6.04. The number of carbonyl (C=O) groups excluding carboxylic acids is 2. The fourth-order valence-corrected chi connectivity index (χ4v) is 3.39. The number of aryl methyl sites for hydroxylation is 1. The highest BCUT2D eigenvalue weighted by Crippen LogP contribution is 2.33. The van der Waals surface area contributed by atoms with Gasteiger partial charge < -0.3 is 19.7 Å². The first-order valence-corrected chi connectivity index (χ1v) is 10.1. The van der Waals surface area contributed by atoms with Crippen LogP contribution in [0.5, 0.6) is 11.5 Å². The molecule has 2 aromatic carbocycles. The maximum atomic E-state index is 12.8. The Morgan fingerprint density at radius 3 is 2.69 bits per heavy atom. The van der Waals surface area contributed by atoms with E-state index in [-0.39, 0.29) is 18.2 Å². The van der Waals surface area contributed by atoms with Crippen LogP contribution in [0, 0.1) is 12.8 Å². The average Bonchev–Trinajstić information content (AvgIpc) is 3.10. The van der Waals surface area contributed by atoms with Gasteiger partial charge in [-0.3, -0.25) is 9.59 Å². The standard InChI is InChI=1S/C23H28N2O4/c1-4-12-29-18-10-11-19(16(3)13-18)24-23(27)17-14-22(26)25(15-17)20-8-6-7-9-21(20)28-5-2/h6-11,13,17H,4-5,12,14-15H2,1-3H3,(H,24,27). The third-order valence-electron chi connectivity index (χ3n) is 4.88. The highest BCUT2D eigenvalue weighted by Gasteiger charge is 2.36. The molecule has 1 heterocycles. The lowest BCUT2D eigenvalue weighted by Crippen LogP contribution is -2.28. The Hall–Kier alpha value is -3.02. The molecule has 0 spiro atoms. The third kappa shape index (κ3) is 4.88. The smallest absolute Gasteiger partial charge is 0.229 e. The van der Waals surface area contributed by atoms with Gasteiger partial charge >= 0.3 is 0 Å². The van der Waals surface area contributed by atoms with Crippen LogP contribution in [0.2, 0.25) is 0 Å². The van der Waals surface area contributed by atoms with Crippen molar-refractivity contribution in [2.75, 3.05) is 30.0 Å². The van der Waals surface area contributed by atoms with Crippen molar-refractivity contribution < 1.29 is 19.1 Å². The Bertz CT molecular complexity index is 881. The van der Waals surface area contributed by atoms with Gasteiger partial charge in [0.05, 0.1) is 24.8 Å². The number of rotatable bonds is 8. The largest absolute Gasteiger partial charge is 0.494 e. The van der Waals surface area contributed by atoms with Gasteiger partial charge in [-0.1, -0.05) is 19.1 Å². The lowest BCUT2D eigenvalue weighted by Gasteiger charge is -2.20. The molecule has 29 heavy (non-hydrogen) atoms. The molecule has 1 fully saturated rings. The van der Waals surface area contributed by atoms with Crippen molar-refractivity contribution in [2.45, 2.75) is 33.6 Å². The first-order valence-electron chi connectivity index (χ1n) is 10.1. The Balaban J connectivity index is 1.68. The minimum Gasteiger partial charge on any atom is -0.494 e. The van der Waals surface area contributed by atoms with E-state index in [9.17, 15) is 9.59 Å². The zero-order valence-corrected chi connectivity index (χ0v) is 17.2. The second kappa shape index (κ2) is 9.45. The van der Waals surface area contributed by atoms with Crippen molar-refractivity contribution in [3.8, 4) is 11.5 Å². The first kappa shape index (κ1) is 20.7. The van der Waals surface area contributed by atoms with Crippen LogP contribution in [0.15, 0.2) is 42.5 Å². The molecule has 1 atom stereocenters. The van der Waals surface area contributed by atoms with Crippen LogP contribution in [-0.4, -0.2) is 31.6 Å². The molecule has 3 rings (SSSR count). The second-order valence-electron chi connectivity index (χ2n) is 7.12. The lowest BCUT2D eigenvalue weighted by molar-refractivity contribution is -0.122. The number of ether oxygens (including phenoxy) is 2. The Morgan fingerprint density at radius 1 is 1.17 bits per heavy atom. The van der Waals surface area contributed by atoms with Gasteiger partial charge in [-0.2, -0.15) is 0 Å². The molecule has 1 aliphatic rings. The number of benzene rings is 2. The normalized spacial score (nSPS) is 16.0. The summed E-state index contributed by atoms with van der Waals surface area (Å²) in [6, 6.07) is 13.0. The summed E-state index contributed by atoms with van der Waals surface area (Å²) in [6.07, 6.45) is 1.12. The Morgan fingerprint density at radius 2 is 1.97 bits per heavy atom. The minimum absolute atomic E-state index is 0.0719. The molecule has 1 saturated heterocycles. The molecular formula is C23H28N2O4. The van der Waals surface area contributed by atoms with Crippen LogP contribution in [0.25, 0.3) is 0 Å². The summed E-state index contributed by atoms with van der Waals surface area (Å²) in [5.74, 6) is 0.810. The molecule has 2 aromatic rings. The minimum atomic E-state index is -0.410. The number of nitrogens with one attached hydrogen (secondary N) is 1. The van der Waals surface area contributed by atoms with E-state index in [2.05, 4.69) is 12.2 Å². The lowest BCUT2D eigenvalue weighted by atomic mass is 10.1. The third-order valence-corrected chi connectivity index (χ3v) is 4.88. The highest BCUT2D eigenvalue weighted by atomic mass is 16.5. The van der Waals surface area contributed by atoms with Crippen LogP contribution in [0.1, 0.15) is 32.3 Å². The Labute approximate surface area is 171 Å². The maximum absolute atomic E-state index is 12.8. The molecule has 0 bridgehead atoms. The van der Waals surface area contributed by atoms with Gasteiger partial charge in [0, 0.05) is 18.7 Å². The van der Waals surface area contributed by atoms with E-state index in [1.165, 1.54) is 0 Å². The van der Waals surface area contributed by atoms with E-state index >= 15 is 0 Å². The van der Waals surface area contributed by atoms with Crippen molar-refractivity contribution in [2.24, 2.45) is 5.92 Å². The van der Waals surface area contributed by atoms with Gasteiger partial charge in [0.15, 0.2) is 0 Å². The number of hydrogen-bond acceptors (Lipinski definition) is 4. The monoisotopic (exact) mass is 396 g/mol. The second-order valence-corrected chi connectivity index (χ2v) is 7.12. The molecule has 0 aliphatic carbocycles. The maximum Gasteiger partial charge on any atom is 0.229 e. The summed E-state index contributed by atoms with van der Waals surface area (Å²) in [7, 11) is 0. The summed E-state index contributed by atoms with van der Waals surface area (Å²) in [5, 5.41) is 2.96.